The molecule has 1 fully saturated rings. The molecule has 0 heterocycles. The molecule has 0 N–H and O–H groups in total. The van der Waals surface area contributed by atoms with Gasteiger partial charge in [0.25, 0.3) is 0 Å². The first-order valence-corrected chi connectivity index (χ1v) is 9.79. The number of hydrogen-bond donors (Lipinski definition) is 0. The Morgan fingerprint density at radius 3 is 2.42 bits per heavy atom. The van der Waals surface area contributed by atoms with E-state index in [0.717, 1.165) is 6.08 Å². The standard InChI is InChI=1S/C23H19ClF3NO3/c1-22(2)17(12-19(24)23(25,26)27)20(22)21(29)31-18(13-28)14-7-6-10-16(11-14)30-15-8-4-3-5-9-15/h3-12,17-18,20H,1-2H3/t17-,18?,20-/m0/s1. The van der Waals surface area contributed by atoms with Crippen LogP contribution in [-0.2, 0) is 9.53 Å². The molecule has 1 aliphatic carbocycles. The van der Waals surface area contributed by atoms with E-state index in [1.165, 1.54) is 0 Å². The second-order valence-corrected chi connectivity index (χ2v) is 8.18. The fraction of sp³-hybridized carbons (Fsp3) is 0.304. The molecular weight excluding hydrogens is 431 g/mol. The Labute approximate surface area is 182 Å². The summed E-state index contributed by atoms with van der Waals surface area (Å²) in [4.78, 5) is 12.6. The van der Waals surface area contributed by atoms with E-state index >= 15 is 0 Å². The van der Waals surface area contributed by atoms with Crippen LogP contribution in [0.2, 0.25) is 0 Å². The van der Waals surface area contributed by atoms with Crippen molar-refractivity contribution >= 4 is 17.6 Å². The van der Waals surface area contributed by atoms with Crippen LogP contribution in [0.3, 0.4) is 0 Å². The molecule has 0 bridgehead atoms. The summed E-state index contributed by atoms with van der Waals surface area (Å²) in [7, 11) is 0. The summed E-state index contributed by atoms with van der Waals surface area (Å²) in [6, 6.07) is 17.4. The molecule has 1 saturated carbocycles. The zero-order valence-electron chi connectivity index (χ0n) is 16.7. The van der Waals surface area contributed by atoms with Crippen molar-refractivity contribution in [3.05, 3.63) is 71.3 Å². The highest BCUT2D eigenvalue weighted by Crippen LogP contribution is 2.60. The topological polar surface area (TPSA) is 59.3 Å². The zero-order chi connectivity index (χ0) is 22.8. The van der Waals surface area contributed by atoms with Gasteiger partial charge in [0, 0.05) is 5.56 Å². The number of halogens is 4. The monoisotopic (exact) mass is 449 g/mol. The van der Waals surface area contributed by atoms with Crippen molar-refractivity contribution in [2.45, 2.75) is 26.1 Å². The molecule has 8 heteroatoms. The van der Waals surface area contributed by atoms with Crippen molar-refractivity contribution in [1.82, 2.24) is 0 Å². The fourth-order valence-corrected chi connectivity index (χ4v) is 3.55. The number of nitrogens with zero attached hydrogens (tertiary/aromatic N) is 1. The Hall–Kier alpha value is -2.98. The highest BCUT2D eigenvalue weighted by Gasteiger charge is 2.62. The van der Waals surface area contributed by atoms with Gasteiger partial charge in [-0.1, -0.05) is 61.9 Å². The molecule has 0 aromatic heterocycles. The summed E-state index contributed by atoms with van der Waals surface area (Å²) in [6.07, 6.45) is -5.07. The maximum atomic E-state index is 12.7. The Kier molecular flexibility index (Phi) is 6.33. The highest BCUT2D eigenvalue weighted by molar-refractivity contribution is 6.30. The number of para-hydroxylation sites is 1. The van der Waals surface area contributed by atoms with E-state index in [-0.39, 0.29) is 0 Å². The predicted octanol–water partition coefficient (Wildman–Crippen LogP) is 6.54. The molecule has 2 aromatic rings. The minimum Gasteiger partial charge on any atom is -0.457 e. The van der Waals surface area contributed by atoms with E-state index < -0.39 is 40.5 Å². The summed E-state index contributed by atoms with van der Waals surface area (Å²) < 4.78 is 49.2. The largest absolute Gasteiger partial charge is 0.457 e. The quantitative estimate of drug-likeness (QED) is 0.469. The minimum atomic E-state index is -4.68. The lowest BCUT2D eigenvalue weighted by Gasteiger charge is -2.13. The molecule has 3 atom stereocenters. The van der Waals surface area contributed by atoms with E-state index in [1.54, 1.807) is 50.2 Å². The van der Waals surface area contributed by atoms with Crippen LogP contribution in [0.4, 0.5) is 13.2 Å². The van der Waals surface area contributed by atoms with Crippen molar-refractivity contribution in [1.29, 1.82) is 5.26 Å². The van der Waals surface area contributed by atoms with Crippen LogP contribution in [0.25, 0.3) is 0 Å². The molecule has 0 radical (unpaired) electrons. The molecule has 0 aliphatic heterocycles. The predicted molar refractivity (Wildman–Crippen MR) is 108 cm³/mol. The van der Waals surface area contributed by atoms with Gasteiger partial charge in [-0.25, -0.2) is 0 Å². The molecule has 0 amide bonds. The number of nitriles is 1. The van der Waals surface area contributed by atoms with E-state index in [9.17, 15) is 23.2 Å². The molecule has 0 saturated heterocycles. The van der Waals surface area contributed by atoms with E-state index in [4.69, 9.17) is 21.1 Å². The molecule has 3 rings (SSSR count). The van der Waals surface area contributed by atoms with Gasteiger partial charge in [-0.3, -0.25) is 4.79 Å². The van der Waals surface area contributed by atoms with Crippen LogP contribution in [0.5, 0.6) is 11.5 Å². The van der Waals surface area contributed by atoms with Gasteiger partial charge in [0.1, 0.15) is 22.6 Å². The number of carbonyl (C=O) groups excluding carboxylic acids is 1. The average molecular weight is 450 g/mol. The minimum absolute atomic E-state index is 0.392. The van der Waals surface area contributed by atoms with Gasteiger partial charge in [0.2, 0.25) is 6.10 Å². The maximum absolute atomic E-state index is 12.7. The number of hydrogen-bond acceptors (Lipinski definition) is 4. The van der Waals surface area contributed by atoms with Crippen molar-refractivity contribution in [2.75, 3.05) is 0 Å². The second-order valence-electron chi connectivity index (χ2n) is 7.77. The van der Waals surface area contributed by atoms with Crippen LogP contribution in [-0.4, -0.2) is 12.1 Å². The van der Waals surface area contributed by atoms with E-state index in [1.807, 2.05) is 24.3 Å². The second kappa shape index (κ2) is 8.64. The lowest BCUT2D eigenvalue weighted by atomic mass is 10.1. The van der Waals surface area contributed by atoms with Gasteiger partial charge in [-0.2, -0.15) is 18.4 Å². The van der Waals surface area contributed by atoms with Gasteiger partial charge < -0.3 is 9.47 Å². The summed E-state index contributed by atoms with van der Waals surface area (Å²) in [5, 5.41) is 8.23. The van der Waals surface area contributed by atoms with Crippen molar-refractivity contribution in [3.8, 4) is 17.6 Å². The Morgan fingerprint density at radius 1 is 1.16 bits per heavy atom. The summed E-state index contributed by atoms with van der Waals surface area (Å²) in [6.45, 7) is 3.30. The number of esters is 1. The summed E-state index contributed by atoms with van der Waals surface area (Å²) >= 11 is 5.32. The average Bonchev–Trinajstić information content (AvgIpc) is 3.26. The number of ether oxygens (including phenoxy) is 2. The third-order valence-corrected chi connectivity index (χ3v) is 5.59. The number of benzene rings is 2. The van der Waals surface area contributed by atoms with Crippen LogP contribution >= 0.6 is 11.6 Å². The first-order valence-electron chi connectivity index (χ1n) is 9.41. The highest BCUT2D eigenvalue weighted by atomic mass is 35.5. The summed E-state index contributed by atoms with van der Waals surface area (Å²) in [5.41, 5.74) is -0.371. The Balaban J connectivity index is 1.72. The van der Waals surface area contributed by atoms with Crippen LogP contribution in [0.15, 0.2) is 65.7 Å². The molecule has 4 nitrogen and oxygen atoms in total. The Morgan fingerprint density at radius 2 is 1.81 bits per heavy atom. The molecular formula is C23H19ClF3NO3. The van der Waals surface area contributed by atoms with Crippen molar-refractivity contribution in [2.24, 2.45) is 17.3 Å². The SMILES string of the molecule is CC1(C)[C@H](C(=O)OC(C#N)c2cccc(Oc3ccccc3)c2)[C@@H]1C=C(Cl)C(F)(F)F. The number of rotatable bonds is 6. The van der Waals surface area contributed by atoms with Crippen molar-refractivity contribution in [3.63, 3.8) is 0 Å². The molecule has 31 heavy (non-hydrogen) atoms. The maximum Gasteiger partial charge on any atom is 0.426 e. The third-order valence-electron chi connectivity index (χ3n) is 5.25. The molecule has 2 aromatic carbocycles. The van der Waals surface area contributed by atoms with Gasteiger partial charge in [-0.15, -0.1) is 0 Å². The number of allylic oxidation sites excluding steroid dienone is 2. The van der Waals surface area contributed by atoms with E-state index in [0.29, 0.717) is 17.1 Å². The van der Waals surface area contributed by atoms with E-state index in [2.05, 4.69) is 0 Å². The number of carbonyl (C=O) groups is 1. The zero-order valence-corrected chi connectivity index (χ0v) is 17.4. The smallest absolute Gasteiger partial charge is 0.426 e. The normalized spacial score (nSPS) is 21.0. The van der Waals surface area contributed by atoms with Gasteiger partial charge >= 0.3 is 12.1 Å². The lowest BCUT2D eigenvalue weighted by molar-refractivity contribution is -0.149. The molecule has 1 aliphatic rings. The van der Waals surface area contributed by atoms with Crippen LogP contribution < -0.4 is 4.74 Å². The van der Waals surface area contributed by atoms with Crippen LogP contribution in [0, 0.1) is 28.6 Å². The van der Waals surface area contributed by atoms with Crippen molar-refractivity contribution < 1.29 is 27.4 Å². The fourth-order valence-electron chi connectivity index (χ4n) is 3.42. The Bertz CT molecular complexity index is 1030. The molecule has 0 spiro atoms. The van der Waals surface area contributed by atoms with Gasteiger partial charge in [-0.05, 0) is 35.6 Å². The molecule has 162 valence electrons. The third kappa shape index (κ3) is 5.20. The first-order chi connectivity index (χ1) is 14.5. The number of alkyl halides is 3. The van der Waals surface area contributed by atoms with Crippen LogP contribution in [0.1, 0.15) is 25.5 Å². The lowest BCUT2D eigenvalue weighted by Crippen LogP contribution is -2.14. The molecule has 1 unspecified atom stereocenters. The van der Waals surface area contributed by atoms with Gasteiger partial charge in [0.15, 0.2) is 0 Å². The van der Waals surface area contributed by atoms with Gasteiger partial charge in [0.05, 0.1) is 5.92 Å². The summed E-state index contributed by atoms with van der Waals surface area (Å²) in [5.74, 6) is -1.27. The first kappa shape index (κ1) is 22.7.